The SMILES string of the molecule is O=C(c1ccccc1)n1c(=O)ccn(CC(CF)CSCO[PH](=O)OCSCC(CF)Cn2ccc(=O)n(C(=O)c3ccccc3)c2=O)c1=O. The molecule has 2 atom stereocenters. The maximum absolute atomic E-state index is 13.8. The third kappa shape index (κ3) is 10.4. The van der Waals surface area contributed by atoms with Crippen molar-refractivity contribution in [1.29, 1.82) is 0 Å². The molecule has 0 amide bonds. The average molecular weight is 751 g/mol. The van der Waals surface area contributed by atoms with Gasteiger partial charge in [-0.2, -0.15) is 9.13 Å². The van der Waals surface area contributed by atoms with E-state index in [-0.39, 0.29) is 47.6 Å². The molecule has 2 aromatic heterocycles. The number of benzene rings is 2. The van der Waals surface area contributed by atoms with Gasteiger partial charge in [0, 0.05) is 72.1 Å². The smallest absolute Gasteiger partial charge is 0.300 e. The van der Waals surface area contributed by atoms with Gasteiger partial charge in [0.25, 0.3) is 22.9 Å². The minimum atomic E-state index is -2.96. The van der Waals surface area contributed by atoms with Crippen LogP contribution in [0.1, 0.15) is 20.7 Å². The van der Waals surface area contributed by atoms with Crippen molar-refractivity contribution in [2.24, 2.45) is 11.8 Å². The highest BCUT2D eigenvalue weighted by atomic mass is 32.2. The zero-order valence-electron chi connectivity index (χ0n) is 26.4. The van der Waals surface area contributed by atoms with E-state index in [9.17, 15) is 42.1 Å². The zero-order chi connectivity index (χ0) is 36.0. The van der Waals surface area contributed by atoms with E-state index in [1.54, 1.807) is 36.4 Å². The van der Waals surface area contributed by atoms with E-state index in [0.717, 1.165) is 44.8 Å². The van der Waals surface area contributed by atoms with Gasteiger partial charge in [0.1, 0.15) is 11.9 Å². The van der Waals surface area contributed by atoms with Crippen LogP contribution in [0.4, 0.5) is 8.78 Å². The lowest BCUT2D eigenvalue weighted by Crippen LogP contribution is -2.44. The topological polar surface area (TPSA) is 158 Å². The number of thioether (sulfide) groups is 2. The van der Waals surface area contributed by atoms with Crippen LogP contribution in [0.5, 0.6) is 0 Å². The van der Waals surface area contributed by atoms with E-state index in [4.69, 9.17) is 9.05 Å². The van der Waals surface area contributed by atoms with Gasteiger partial charge in [-0.3, -0.25) is 50.7 Å². The first kappa shape index (κ1) is 38.6. The second-order valence-electron chi connectivity index (χ2n) is 10.7. The Morgan fingerprint density at radius 3 is 1.38 bits per heavy atom. The van der Waals surface area contributed by atoms with Gasteiger partial charge in [0.15, 0.2) is 0 Å². The van der Waals surface area contributed by atoms with Gasteiger partial charge in [-0.1, -0.05) is 36.4 Å². The van der Waals surface area contributed by atoms with Gasteiger partial charge >= 0.3 is 19.6 Å². The summed E-state index contributed by atoms with van der Waals surface area (Å²) in [6, 6.07) is 17.7. The Morgan fingerprint density at radius 1 is 0.640 bits per heavy atom. The summed E-state index contributed by atoms with van der Waals surface area (Å²) in [6.07, 6.45) is 2.40. The van der Waals surface area contributed by atoms with Gasteiger partial charge in [-0.15, -0.1) is 23.5 Å². The number of halogens is 2. The molecule has 4 aromatic rings. The molecule has 0 aliphatic rings. The fourth-order valence-electron chi connectivity index (χ4n) is 4.60. The van der Waals surface area contributed by atoms with Crippen LogP contribution in [0.15, 0.2) is 104 Å². The lowest BCUT2D eigenvalue weighted by molar-refractivity contribution is 0.0939. The summed E-state index contributed by atoms with van der Waals surface area (Å²) < 4.78 is 53.3. The number of alkyl halides is 2. The number of rotatable bonds is 18. The first-order valence-electron chi connectivity index (χ1n) is 15.1. The van der Waals surface area contributed by atoms with Gasteiger partial charge in [-0.05, 0) is 24.3 Å². The number of nitrogens with zero attached hydrogens (tertiary/aromatic N) is 4. The third-order valence-corrected chi connectivity index (χ3v) is 10.3. The summed E-state index contributed by atoms with van der Waals surface area (Å²) in [6.45, 7) is -1.89. The Morgan fingerprint density at radius 2 is 1.02 bits per heavy atom. The number of carbonyl (C=O) groups is 2. The molecule has 0 aliphatic carbocycles. The molecule has 0 bridgehead atoms. The fraction of sp³-hybridized carbons (Fsp3) is 0.312. The van der Waals surface area contributed by atoms with Crippen LogP contribution in [0.3, 0.4) is 0 Å². The maximum Gasteiger partial charge on any atom is 0.338 e. The molecule has 266 valence electrons. The maximum atomic E-state index is 13.8. The lowest BCUT2D eigenvalue weighted by atomic mass is 10.2. The molecule has 0 spiro atoms. The van der Waals surface area contributed by atoms with Crippen molar-refractivity contribution in [3.05, 3.63) is 138 Å². The van der Waals surface area contributed by atoms with Crippen LogP contribution in [0, 0.1) is 11.8 Å². The zero-order valence-corrected chi connectivity index (χ0v) is 29.1. The van der Waals surface area contributed by atoms with Crippen molar-refractivity contribution in [2.75, 3.05) is 36.7 Å². The van der Waals surface area contributed by atoms with Gasteiger partial charge < -0.3 is 0 Å². The molecule has 0 N–H and O–H groups in total. The Kier molecular flexibility index (Phi) is 14.9. The molecule has 50 heavy (non-hydrogen) atoms. The van der Waals surface area contributed by atoms with Gasteiger partial charge in [0.05, 0.1) is 13.3 Å². The number of carbonyl (C=O) groups excluding carboxylic acids is 2. The molecule has 0 saturated heterocycles. The first-order chi connectivity index (χ1) is 24.1. The molecule has 0 saturated carbocycles. The van der Waals surface area contributed by atoms with Gasteiger partial charge in [-0.25, -0.2) is 9.59 Å². The van der Waals surface area contributed by atoms with Crippen molar-refractivity contribution in [1.82, 2.24) is 18.3 Å². The van der Waals surface area contributed by atoms with Crippen molar-refractivity contribution in [3.63, 3.8) is 0 Å². The predicted molar refractivity (Wildman–Crippen MR) is 187 cm³/mol. The normalized spacial score (nSPS) is 13.1. The quantitative estimate of drug-likeness (QED) is 0.0835. The predicted octanol–water partition coefficient (Wildman–Crippen LogP) is 3.39. The minimum Gasteiger partial charge on any atom is -0.300 e. The molecule has 2 unspecified atom stereocenters. The van der Waals surface area contributed by atoms with Crippen molar-refractivity contribution >= 4 is 43.6 Å². The molecule has 13 nitrogen and oxygen atoms in total. The molecule has 0 aliphatic heterocycles. The summed E-state index contributed by atoms with van der Waals surface area (Å²) in [5.41, 5.74) is -3.12. The number of hydrogen-bond acceptors (Lipinski definition) is 11. The summed E-state index contributed by atoms with van der Waals surface area (Å²) in [7, 11) is -2.96. The summed E-state index contributed by atoms with van der Waals surface area (Å²) in [5.74, 6) is -2.92. The molecular weight excluding hydrogens is 717 g/mol. The summed E-state index contributed by atoms with van der Waals surface area (Å²) in [4.78, 5) is 75.9. The molecule has 2 heterocycles. The Balaban J connectivity index is 1.20. The van der Waals surface area contributed by atoms with E-state index in [1.807, 2.05) is 0 Å². The minimum absolute atomic E-state index is 0.118. The molecule has 18 heteroatoms. The molecular formula is C32H33F2N4O9PS2. The van der Waals surface area contributed by atoms with E-state index < -0.39 is 67.8 Å². The van der Waals surface area contributed by atoms with Crippen LogP contribution in [0.25, 0.3) is 0 Å². The van der Waals surface area contributed by atoms with E-state index in [2.05, 4.69) is 0 Å². The Labute approximate surface area is 292 Å². The second kappa shape index (κ2) is 19.3. The van der Waals surface area contributed by atoms with Crippen molar-refractivity contribution in [3.8, 4) is 0 Å². The van der Waals surface area contributed by atoms with E-state index >= 15 is 0 Å². The number of hydrogen-bond donors (Lipinski definition) is 0. The molecule has 2 aromatic carbocycles. The van der Waals surface area contributed by atoms with Crippen LogP contribution in [-0.4, -0.2) is 66.8 Å². The summed E-state index contributed by atoms with van der Waals surface area (Å²) >= 11 is 2.20. The highest BCUT2D eigenvalue weighted by Gasteiger charge is 2.19. The highest BCUT2D eigenvalue weighted by molar-refractivity contribution is 7.99. The van der Waals surface area contributed by atoms with Crippen LogP contribution in [-0.2, 0) is 26.7 Å². The third-order valence-electron chi connectivity index (χ3n) is 7.13. The average Bonchev–Trinajstić information content (AvgIpc) is 3.13. The monoisotopic (exact) mass is 750 g/mol. The fourth-order valence-corrected chi connectivity index (χ4v) is 7.37. The van der Waals surface area contributed by atoms with E-state index in [0.29, 0.717) is 9.13 Å². The highest BCUT2D eigenvalue weighted by Crippen LogP contribution is 2.28. The standard InChI is InChI=1S/C32H33F2N4O9PS2/c33-15-23(17-35-13-11-27(39)37(31(35)43)29(41)25-7-3-1-4-8-25)19-49-21-46-48(45)47-22-50-20-24(16-34)18-36-14-12-28(40)38(32(36)44)30(42)26-9-5-2-6-10-26/h1-14,23-24,48H,15-22H2. The molecule has 0 fully saturated rings. The first-order valence-corrected chi connectivity index (χ1v) is 18.6. The van der Waals surface area contributed by atoms with E-state index in [1.165, 1.54) is 36.7 Å². The van der Waals surface area contributed by atoms with Gasteiger partial charge in [0.2, 0.25) is 0 Å². The Bertz CT molecular complexity index is 1880. The largest absolute Gasteiger partial charge is 0.338 e. The van der Waals surface area contributed by atoms with Crippen LogP contribution < -0.4 is 22.5 Å². The Hall–Kier alpha value is -4.15. The molecule has 0 radical (unpaired) electrons. The van der Waals surface area contributed by atoms with Crippen molar-refractivity contribution in [2.45, 2.75) is 13.1 Å². The van der Waals surface area contributed by atoms with Crippen LogP contribution >= 0.6 is 31.8 Å². The second-order valence-corrected chi connectivity index (χ2v) is 13.8. The van der Waals surface area contributed by atoms with Crippen molar-refractivity contribution < 1.29 is 32.0 Å². The lowest BCUT2D eigenvalue weighted by Gasteiger charge is -2.16. The number of aromatic nitrogens is 4. The summed E-state index contributed by atoms with van der Waals surface area (Å²) in [5, 5.41) is 0. The van der Waals surface area contributed by atoms with Crippen LogP contribution in [0.2, 0.25) is 0 Å². The molecule has 4 rings (SSSR count).